The molecule has 0 aromatic heterocycles. The van der Waals surface area contributed by atoms with Crippen molar-refractivity contribution in [3.63, 3.8) is 0 Å². The molecule has 1 amide bonds. The van der Waals surface area contributed by atoms with E-state index in [0.29, 0.717) is 6.42 Å². The molecule has 0 aliphatic rings. The molecule has 4 nitrogen and oxygen atoms in total. The largest absolute Gasteiger partial charge is 0.394 e. The van der Waals surface area contributed by atoms with Crippen molar-refractivity contribution >= 4 is 5.91 Å². The first kappa shape index (κ1) is 69.9. The van der Waals surface area contributed by atoms with E-state index >= 15 is 0 Å². The molecule has 0 aliphatic carbocycles. The molecule has 0 rings (SSSR count). The van der Waals surface area contributed by atoms with Crippen molar-refractivity contribution in [2.45, 2.75) is 392 Å². The monoisotopic (exact) mass is 998 g/mol. The molecule has 0 heterocycles. The minimum Gasteiger partial charge on any atom is -0.394 e. The van der Waals surface area contributed by atoms with E-state index in [2.05, 4.69) is 31.3 Å². The van der Waals surface area contributed by atoms with Gasteiger partial charge in [-0.05, 0) is 32.1 Å². The summed E-state index contributed by atoms with van der Waals surface area (Å²) < 4.78 is 0. The molecule has 0 bridgehead atoms. The van der Waals surface area contributed by atoms with Crippen LogP contribution in [0.5, 0.6) is 0 Å². The number of nitrogens with one attached hydrogen (secondary N) is 1. The first-order valence-corrected chi connectivity index (χ1v) is 33.1. The van der Waals surface area contributed by atoms with Gasteiger partial charge in [-0.25, -0.2) is 0 Å². The first-order valence-electron chi connectivity index (χ1n) is 33.1. The van der Waals surface area contributed by atoms with Crippen molar-refractivity contribution in [1.82, 2.24) is 5.32 Å². The molecule has 71 heavy (non-hydrogen) atoms. The van der Waals surface area contributed by atoms with Gasteiger partial charge in [-0.3, -0.25) is 4.79 Å². The first-order chi connectivity index (χ1) is 35.2. The molecule has 4 heteroatoms. The van der Waals surface area contributed by atoms with Crippen LogP contribution >= 0.6 is 0 Å². The summed E-state index contributed by atoms with van der Waals surface area (Å²) in [6.07, 6.45) is 85.4. The van der Waals surface area contributed by atoms with Gasteiger partial charge in [0.25, 0.3) is 0 Å². The molecular weight excluding hydrogens is 867 g/mol. The molecule has 0 spiro atoms. The Labute approximate surface area is 447 Å². The van der Waals surface area contributed by atoms with E-state index in [-0.39, 0.29) is 12.5 Å². The number of amides is 1. The second kappa shape index (κ2) is 63.2. The summed E-state index contributed by atoms with van der Waals surface area (Å²) in [7, 11) is 0. The number of allylic oxidation sites excluding steroid dienone is 3. The summed E-state index contributed by atoms with van der Waals surface area (Å²) in [6.45, 7) is 4.35. The van der Waals surface area contributed by atoms with Crippen LogP contribution in [0.1, 0.15) is 380 Å². The number of hydrogen-bond donors (Lipinski definition) is 3. The van der Waals surface area contributed by atoms with Crippen LogP contribution in [0.3, 0.4) is 0 Å². The Morgan fingerprint density at radius 1 is 0.324 bits per heavy atom. The molecule has 0 saturated carbocycles. The van der Waals surface area contributed by atoms with Crippen molar-refractivity contribution in [2.75, 3.05) is 6.61 Å². The minimum atomic E-state index is -0.861. The van der Waals surface area contributed by atoms with Gasteiger partial charge in [0.2, 0.25) is 5.91 Å². The summed E-state index contributed by atoms with van der Waals surface area (Å²) >= 11 is 0. The average Bonchev–Trinajstić information content (AvgIpc) is 3.37. The van der Waals surface area contributed by atoms with E-state index in [0.717, 1.165) is 32.1 Å². The fourth-order valence-electron chi connectivity index (χ4n) is 10.7. The normalized spacial score (nSPS) is 12.8. The van der Waals surface area contributed by atoms with Crippen molar-refractivity contribution in [3.05, 3.63) is 24.3 Å². The third-order valence-corrected chi connectivity index (χ3v) is 15.7. The number of unbranched alkanes of at least 4 members (excludes halogenated alkanes) is 53. The van der Waals surface area contributed by atoms with Crippen LogP contribution in [0.15, 0.2) is 24.3 Å². The van der Waals surface area contributed by atoms with E-state index in [9.17, 15) is 15.0 Å². The van der Waals surface area contributed by atoms with Crippen molar-refractivity contribution in [2.24, 2.45) is 0 Å². The Morgan fingerprint density at radius 3 is 0.817 bits per heavy atom. The summed E-state index contributed by atoms with van der Waals surface area (Å²) in [5, 5.41) is 23.2. The predicted molar refractivity (Wildman–Crippen MR) is 318 cm³/mol. The maximum atomic E-state index is 12.5. The van der Waals surface area contributed by atoms with Gasteiger partial charge >= 0.3 is 0 Å². The van der Waals surface area contributed by atoms with Crippen molar-refractivity contribution in [1.29, 1.82) is 0 Å². The van der Waals surface area contributed by atoms with Gasteiger partial charge in [0.05, 0.1) is 18.8 Å². The van der Waals surface area contributed by atoms with E-state index in [1.807, 2.05) is 6.08 Å². The number of hydrogen-bond acceptors (Lipinski definition) is 3. The van der Waals surface area contributed by atoms with Gasteiger partial charge in [-0.15, -0.1) is 0 Å². The van der Waals surface area contributed by atoms with E-state index in [1.165, 1.54) is 327 Å². The highest BCUT2D eigenvalue weighted by atomic mass is 16.3. The summed E-state index contributed by atoms with van der Waals surface area (Å²) in [5.74, 6) is -0.0647. The maximum Gasteiger partial charge on any atom is 0.220 e. The highest BCUT2D eigenvalue weighted by Gasteiger charge is 2.18. The highest BCUT2D eigenvalue weighted by molar-refractivity contribution is 5.76. The lowest BCUT2D eigenvalue weighted by atomic mass is 10.0. The number of carbonyl (C=O) groups is 1. The van der Waals surface area contributed by atoms with Gasteiger partial charge < -0.3 is 15.5 Å². The molecule has 0 aromatic rings. The Morgan fingerprint density at radius 2 is 0.549 bits per heavy atom. The summed E-state index contributed by atoms with van der Waals surface area (Å²) in [6, 6.07) is -0.637. The quantitative estimate of drug-likeness (QED) is 0.0420. The molecule has 2 atom stereocenters. The van der Waals surface area contributed by atoms with Gasteiger partial charge in [-0.1, -0.05) is 366 Å². The Kier molecular flexibility index (Phi) is 62.2. The number of aliphatic hydroxyl groups excluding tert-OH is 2. The predicted octanol–water partition coefficient (Wildman–Crippen LogP) is 22.2. The molecule has 0 radical (unpaired) electrons. The van der Waals surface area contributed by atoms with Crippen LogP contribution < -0.4 is 5.32 Å². The van der Waals surface area contributed by atoms with Crippen LogP contribution in [-0.2, 0) is 4.79 Å². The molecule has 0 aromatic carbocycles. The zero-order valence-corrected chi connectivity index (χ0v) is 48.8. The number of rotatable bonds is 62. The van der Waals surface area contributed by atoms with E-state index < -0.39 is 12.1 Å². The SMILES string of the molecule is CCCCCCCCCCCCCCCCCCCCCCCCCCC/C=C/CC/C=C/C(O)C(CO)NC(=O)CCCCCCCCCCCCCCCCCCCCCCCCCCCCCC. The van der Waals surface area contributed by atoms with E-state index in [4.69, 9.17) is 0 Å². The fraction of sp³-hybridized carbons (Fsp3) is 0.925. The fourth-order valence-corrected chi connectivity index (χ4v) is 10.7. The van der Waals surface area contributed by atoms with E-state index in [1.54, 1.807) is 6.08 Å². The van der Waals surface area contributed by atoms with Crippen molar-refractivity contribution < 1.29 is 15.0 Å². The summed E-state index contributed by atoms with van der Waals surface area (Å²) in [4.78, 5) is 12.5. The van der Waals surface area contributed by atoms with Gasteiger partial charge in [-0.2, -0.15) is 0 Å². The minimum absolute atomic E-state index is 0.0647. The number of carbonyl (C=O) groups excluding carboxylic acids is 1. The molecule has 0 saturated heterocycles. The topological polar surface area (TPSA) is 69.6 Å². The molecule has 2 unspecified atom stereocenters. The third-order valence-electron chi connectivity index (χ3n) is 15.7. The van der Waals surface area contributed by atoms with Crippen LogP contribution in [0.25, 0.3) is 0 Å². The smallest absolute Gasteiger partial charge is 0.220 e. The zero-order chi connectivity index (χ0) is 51.3. The molecule has 3 N–H and O–H groups in total. The standard InChI is InChI=1S/C67H131NO3/c1-3-5-7-9-11-13-15-17-19-21-23-25-27-29-31-33-34-35-36-38-40-42-44-46-48-50-52-54-56-58-60-62-66(70)65(64-69)68-67(71)63-61-59-57-55-53-51-49-47-45-43-41-39-37-32-30-28-26-24-22-20-18-16-14-12-10-8-6-4-2/h52,54,60,62,65-66,69-70H,3-51,53,55-59,61,63-64H2,1-2H3,(H,68,71)/b54-52+,62-60+. The lowest BCUT2D eigenvalue weighted by Crippen LogP contribution is -2.45. The third kappa shape index (κ3) is 59.6. The van der Waals surface area contributed by atoms with Crippen LogP contribution in [-0.4, -0.2) is 34.9 Å². The lowest BCUT2D eigenvalue weighted by molar-refractivity contribution is -0.123. The molecular formula is C67H131NO3. The van der Waals surface area contributed by atoms with Gasteiger partial charge in [0.1, 0.15) is 0 Å². The Bertz CT molecular complexity index is 1040. The van der Waals surface area contributed by atoms with Crippen molar-refractivity contribution in [3.8, 4) is 0 Å². The zero-order valence-electron chi connectivity index (χ0n) is 48.8. The average molecular weight is 999 g/mol. The Hall–Kier alpha value is -1.13. The lowest BCUT2D eigenvalue weighted by Gasteiger charge is -2.19. The molecule has 422 valence electrons. The van der Waals surface area contributed by atoms with Gasteiger partial charge in [0.15, 0.2) is 0 Å². The van der Waals surface area contributed by atoms with Gasteiger partial charge in [0, 0.05) is 6.42 Å². The number of aliphatic hydroxyl groups is 2. The van der Waals surface area contributed by atoms with Crippen LogP contribution in [0.2, 0.25) is 0 Å². The van der Waals surface area contributed by atoms with Crippen LogP contribution in [0.4, 0.5) is 0 Å². The van der Waals surface area contributed by atoms with Crippen LogP contribution in [0, 0.1) is 0 Å². The molecule has 0 aliphatic heterocycles. The second-order valence-electron chi connectivity index (χ2n) is 22.9. The maximum absolute atomic E-state index is 12.5. The molecule has 0 fully saturated rings. The Balaban J connectivity index is 3.44. The summed E-state index contributed by atoms with van der Waals surface area (Å²) in [5.41, 5.74) is 0. The second-order valence-corrected chi connectivity index (χ2v) is 22.9. The highest BCUT2D eigenvalue weighted by Crippen LogP contribution is 2.19.